The van der Waals surface area contributed by atoms with Crippen LogP contribution in [0.15, 0.2) is 24.5 Å². The lowest BCUT2D eigenvalue weighted by Crippen LogP contribution is -2.25. The van der Waals surface area contributed by atoms with E-state index in [9.17, 15) is 9.18 Å². The first-order valence-corrected chi connectivity index (χ1v) is 5.81. The van der Waals surface area contributed by atoms with E-state index >= 15 is 0 Å². The van der Waals surface area contributed by atoms with Crippen molar-refractivity contribution in [3.63, 3.8) is 0 Å². The minimum atomic E-state index is -0.644. The second-order valence-corrected chi connectivity index (χ2v) is 3.96. The molecule has 0 bridgehead atoms. The monoisotopic (exact) mass is 263 g/mol. The smallest absolute Gasteiger partial charge is 0.254 e. The first-order valence-electron chi connectivity index (χ1n) is 5.81. The molecule has 0 aliphatic rings. The summed E-state index contributed by atoms with van der Waals surface area (Å²) in [6.07, 6.45) is 1.57. The van der Waals surface area contributed by atoms with Crippen molar-refractivity contribution < 1.29 is 9.18 Å². The second-order valence-electron chi connectivity index (χ2n) is 3.96. The van der Waals surface area contributed by atoms with Gasteiger partial charge in [0.15, 0.2) is 5.82 Å². The lowest BCUT2D eigenvalue weighted by Gasteiger charge is -2.07. The number of hydrogen-bond donors (Lipinski definition) is 2. The molecule has 0 unspecified atom stereocenters. The number of carbonyl (C=O) groups excluding carboxylic acids is 1. The fraction of sp³-hybridized carbons (Fsp3) is 0.250. The Balaban J connectivity index is 2.05. The molecular formula is C12H14FN5O. The fourth-order valence-corrected chi connectivity index (χ4v) is 1.65. The first-order chi connectivity index (χ1) is 9.11. The predicted molar refractivity (Wildman–Crippen MR) is 67.7 cm³/mol. The van der Waals surface area contributed by atoms with Crippen molar-refractivity contribution in [2.24, 2.45) is 0 Å². The minimum absolute atomic E-state index is 0.0447. The number of rotatable bonds is 4. The average molecular weight is 263 g/mol. The molecule has 0 atom stereocenters. The van der Waals surface area contributed by atoms with Gasteiger partial charge in [-0.2, -0.15) is 0 Å². The van der Waals surface area contributed by atoms with Gasteiger partial charge in [0.2, 0.25) is 0 Å². The van der Waals surface area contributed by atoms with Crippen molar-refractivity contribution in [3.05, 3.63) is 41.7 Å². The summed E-state index contributed by atoms with van der Waals surface area (Å²) in [6.45, 7) is 2.83. The molecule has 1 aromatic heterocycles. The quantitative estimate of drug-likeness (QED) is 0.804. The van der Waals surface area contributed by atoms with Crippen LogP contribution in [0.25, 0.3) is 0 Å². The molecule has 0 spiro atoms. The highest BCUT2D eigenvalue weighted by atomic mass is 19.1. The van der Waals surface area contributed by atoms with E-state index in [1.54, 1.807) is 10.9 Å². The van der Waals surface area contributed by atoms with Crippen molar-refractivity contribution in [2.75, 3.05) is 5.73 Å². The van der Waals surface area contributed by atoms with Crippen molar-refractivity contribution >= 4 is 11.6 Å². The van der Waals surface area contributed by atoms with Gasteiger partial charge >= 0.3 is 0 Å². The molecule has 0 saturated carbocycles. The highest BCUT2D eigenvalue weighted by Crippen LogP contribution is 2.11. The van der Waals surface area contributed by atoms with Gasteiger partial charge in [-0.05, 0) is 25.1 Å². The van der Waals surface area contributed by atoms with E-state index in [0.717, 1.165) is 6.07 Å². The van der Waals surface area contributed by atoms with Crippen LogP contribution in [0.2, 0.25) is 0 Å². The largest absolute Gasteiger partial charge is 0.399 e. The zero-order valence-corrected chi connectivity index (χ0v) is 10.4. The summed E-state index contributed by atoms with van der Waals surface area (Å²) in [6, 6.07) is 3.94. The molecule has 100 valence electrons. The number of nitrogens with one attached hydrogen (secondary N) is 1. The van der Waals surface area contributed by atoms with Gasteiger partial charge in [-0.25, -0.2) is 4.39 Å². The molecule has 7 heteroatoms. The fourth-order valence-electron chi connectivity index (χ4n) is 1.65. The van der Waals surface area contributed by atoms with Crippen LogP contribution in [0, 0.1) is 5.82 Å². The average Bonchev–Trinajstić information content (AvgIpc) is 2.83. The third kappa shape index (κ3) is 2.87. The number of nitrogens with two attached hydrogens (primary N) is 1. The Morgan fingerprint density at radius 2 is 2.32 bits per heavy atom. The second kappa shape index (κ2) is 5.47. The van der Waals surface area contributed by atoms with Crippen molar-refractivity contribution in [2.45, 2.75) is 20.0 Å². The molecule has 1 amide bonds. The maximum Gasteiger partial charge on any atom is 0.254 e. The zero-order chi connectivity index (χ0) is 13.8. The number of aryl methyl sites for hydroxylation is 1. The molecule has 0 aliphatic heterocycles. The van der Waals surface area contributed by atoms with E-state index in [1.807, 2.05) is 6.92 Å². The molecule has 3 N–H and O–H groups in total. The maximum absolute atomic E-state index is 13.5. The van der Waals surface area contributed by atoms with E-state index in [2.05, 4.69) is 15.5 Å². The van der Waals surface area contributed by atoms with Gasteiger partial charge in [0, 0.05) is 12.2 Å². The Kier molecular flexibility index (Phi) is 3.74. The Bertz CT molecular complexity index is 596. The van der Waals surface area contributed by atoms with Crippen molar-refractivity contribution in [3.8, 4) is 0 Å². The standard InChI is InChI=1S/C12H14FN5O/c1-2-18-7-16-17-11(18)6-15-12(19)9-4-3-8(14)5-10(9)13/h3-5,7H,2,6,14H2,1H3,(H,15,19). The SMILES string of the molecule is CCn1cnnc1CNC(=O)c1ccc(N)cc1F. The number of benzene rings is 1. The molecule has 1 aromatic carbocycles. The van der Waals surface area contributed by atoms with Gasteiger partial charge in [0.25, 0.3) is 5.91 Å². The molecule has 0 radical (unpaired) electrons. The Morgan fingerprint density at radius 1 is 1.53 bits per heavy atom. The van der Waals surface area contributed by atoms with Crippen LogP contribution in [-0.4, -0.2) is 20.7 Å². The first kappa shape index (κ1) is 13.0. The topological polar surface area (TPSA) is 85.8 Å². The van der Waals surface area contributed by atoms with Crippen molar-refractivity contribution in [1.29, 1.82) is 0 Å². The number of nitrogens with zero attached hydrogens (tertiary/aromatic N) is 3. The highest BCUT2D eigenvalue weighted by Gasteiger charge is 2.12. The van der Waals surface area contributed by atoms with E-state index in [1.165, 1.54) is 12.1 Å². The van der Waals surface area contributed by atoms with E-state index in [-0.39, 0.29) is 17.8 Å². The summed E-state index contributed by atoms with van der Waals surface area (Å²) in [5.74, 6) is -0.538. The number of hydrogen-bond acceptors (Lipinski definition) is 4. The van der Waals surface area contributed by atoms with Crippen LogP contribution in [0.4, 0.5) is 10.1 Å². The van der Waals surface area contributed by atoms with E-state index < -0.39 is 11.7 Å². The Hall–Kier alpha value is -2.44. The van der Waals surface area contributed by atoms with E-state index in [0.29, 0.717) is 12.4 Å². The van der Waals surface area contributed by atoms with Gasteiger partial charge in [-0.15, -0.1) is 10.2 Å². The molecule has 2 aromatic rings. The van der Waals surface area contributed by atoms with Crippen LogP contribution in [-0.2, 0) is 13.1 Å². The highest BCUT2D eigenvalue weighted by molar-refractivity contribution is 5.94. The number of nitrogen functional groups attached to an aromatic ring is 1. The summed E-state index contributed by atoms with van der Waals surface area (Å²) in [7, 11) is 0. The lowest BCUT2D eigenvalue weighted by atomic mass is 10.2. The molecular weight excluding hydrogens is 249 g/mol. The van der Waals surface area contributed by atoms with E-state index in [4.69, 9.17) is 5.73 Å². The number of halogens is 1. The minimum Gasteiger partial charge on any atom is -0.399 e. The molecule has 0 aliphatic carbocycles. The summed E-state index contributed by atoms with van der Waals surface area (Å²) in [4.78, 5) is 11.8. The van der Waals surface area contributed by atoms with Gasteiger partial charge in [0.1, 0.15) is 12.1 Å². The van der Waals surface area contributed by atoms with Gasteiger partial charge in [-0.1, -0.05) is 0 Å². The van der Waals surface area contributed by atoms with Gasteiger partial charge in [-0.3, -0.25) is 4.79 Å². The lowest BCUT2D eigenvalue weighted by molar-refractivity contribution is 0.0945. The molecule has 0 fully saturated rings. The Morgan fingerprint density at radius 3 is 3.00 bits per heavy atom. The molecule has 0 saturated heterocycles. The molecule has 19 heavy (non-hydrogen) atoms. The zero-order valence-electron chi connectivity index (χ0n) is 10.4. The van der Waals surface area contributed by atoms with Crippen LogP contribution < -0.4 is 11.1 Å². The number of aromatic nitrogens is 3. The summed E-state index contributed by atoms with van der Waals surface area (Å²) >= 11 is 0. The maximum atomic E-state index is 13.5. The normalized spacial score (nSPS) is 10.4. The number of carbonyl (C=O) groups is 1. The van der Waals surface area contributed by atoms with Crippen molar-refractivity contribution in [1.82, 2.24) is 20.1 Å². The summed E-state index contributed by atoms with van der Waals surface area (Å²) in [5, 5.41) is 10.2. The number of anilines is 1. The van der Waals surface area contributed by atoms with Gasteiger partial charge in [0.05, 0.1) is 12.1 Å². The van der Waals surface area contributed by atoms with Crippen LogP contribution in [0.1, 0.15) is 23.1 Å². The van der Waals surface area contributed by atoms with Gasteiger partial charge < -0.3 is 15.6 Å². The van der Waals surface area contributed by atoms with Crippen LogP contribution >= 0.6 is 0 Å². The Labute approximate surface area is 109 Å². The summed E-state index contributed by atoms with van der Waals surface area (Å²) in [5.41, 5.74) is 5.66. The molecule has 6 nitrogen and oxygen atoms in total. The van der Waals surface area contributed by atoms with Crippen LogP contribution in [0.5, 0.6) is 0 Å². The third-order valence-corrected chi connectivity index (χ3v) is 2.68. The third-order valence-electron chi connectivity index (χ3n) is 2.68. The number of amides is 1. The molecule has 2 rings (SSSR count). The van der Waals surface area contributed by atoms with Crippen LogP contribution in [0.3, 0.4) is 0 Å². The molecule has 1 heterocycles. The summed E-state index contributed by atoms with van der Waals surface area (Å²) < 4.78 is 15.3. The predicted octanol–water partition coefficient (Wildman–Crippen LogP) is 0.949.